The average Bonchev–Trinajstić information content (AvgIpc) is 2.66. The number of aromatic nitrogens is 1. The van der Waals surface area contributed by atoms with E-state index in [1.807, 2.05) is 19.9 Å². The molecule has 2 rings (SSSR count). The third-order valence-corrected chi connectivity index (χ3v) is 3.56. The van der Waals surface area contributed by atoms with Crippen molar-refractivity contribution in [3.05, 3.63) is 40.7 Å². The van der Waals surface area contributed by atoms with Crippen LogP contribution in [0.4, 0.5) is 4.39 Å². The van der Waals surface area contributed by atoms with Gasteiger partial charge >= 0.3 is 0 Å². The van der Waals surface area contributed by atoms with Crippen LogP contribution in [-0.2, 0) is 0 Å². The van der Waals surface area contributed by atoms with Crippen molar-refractivity contribution in [1.82, 2.24) is 4.98 Å². The second kappa shape index (κ2) is 4.31. The van der Waals surface area contributed by atoms with Crippen LogP contribution in [0.25, 0.3) is 10.6 Å². The molecule has 2 N–H and O–H groups in total. The highest BCUT2D eigenvalue weighted by Crippen LogP contribution is 2.29. The standard InChI is InChI=1S/C12H13FN2S/c1-7-3-4-9(10(13)5-7)12-15-6-11(16-12)8(2)14/h3-6,8H,14H2,1-2H3. The normalized spacial score (nSPS) is 12.8. The largest absolute Gasteiger partial charge is 0.323 e. The molecule has 1 aromatic carbocycles. The SMILES string of the molecule is Cc1ccc(-c2ncc(C(C)N)s2)c(F)c1. The third-order valence-electron chi connectivity index (χ3n) is 2.33. The van der Waals surface area contributed by atoms with Gasteiger partial charge in [-0.25, -0.2) is 9.37 Å². The molecule has 0 fully saturated rings. The van der Waals surface area contributed by atoms with Crippen molar-refractivity contribution >= 4 is 11.3 Å². The fourth-order valence-corrected chi connectivity index (χ4v) is 2.31. The lowest BCUT2D eigenvalue weighted by atomic mass is 10.1. The van der Waals surface area contributed by atoms with Gasteiger partial charge in [0.1, 0.15) is 10.8 Å². The molecule has 0 bridgehead atoms. The predicted octanol–water partition coefficient (Wildman–Crippen LogP) is 3.28. The quantitative estimate of drug-likeness (QED) is 0.869. The van der Waals surface area contributed by atoms with E-state index >= 15 is 0 Å². The van der Waals surface area contributed by atoms with Gasteiger partial charge in [-0.2, -0.15) is 0 Å². The molecule has 0 saturated carbocycles. The second-order valence-corrected chi connectivity index (χ2v) is 4.90. The van der Waals surface area contributed by atoms with Crippen molar-refractivity contribution in [3.63, 3.8) is 0 Å². The third kappa shape index (κ3) is 2.13. The molecule has 1 heterocycles. The Balaban J connectivity index is 2.42. The van der Waals surface area contributed by atoms with Gasteiger partial charge in [0, 0.05) is 22.7 Å². The minimum atomic E-state index is -0.231. The molecule has 84 valence electrons. The lowest BCUT2D eigenvalue weighted by molar-refractivity contribution is 0.630. The minimum absolute atomic E-state index is 0.0558. The molecule has 2 aromatic rings. The number of benzene rings is 1. The monoisotopic (exact) mass is 236 g/mol. The van der Waals surface area contributed by atoms with E-state index in [1.165, 1.54) is 17.4 Å². The van der Waals surface area contributed by atoms with Gasteiger partial charge in [-0.05, 0) is 31.5 Å². The number of aryl methyl sites for hydroxylation is 1. The highest BCUT2D eigenvalue weighted by molar-refractivity contribution is 7.15. The summed E-state index contributed by atoms with van der Waals surface area (Å²) in [5, 5.41) is 0.685. The molecule has 1 aromatic heterocycles. The van der Waals surface area contributed by atoms with Gasteiger partial charge in [0.05, 0.1) is 0 Å². The number of halogens is 1. The molecule has 0 aliphatic rings. The van der Waals surface area contributed by atoms with Crippen LogP contribution in [0, 0.1) is 12.7 Å². The smallest absolute Gasteiger partial charge is 0.133 e. The zero-order valence-electron chi connectivity index (χ0n) is 9.20. The summed E-state index contributed by atoms with van der Waals surface area (Å²) in [6.45, 7) is 3.75. The Morgan fingerprint density at radius 1 is 1.44 bits per heavy atom. The Morgan fingerprint density at radius 3 is 2.75 bits per heavy atom. The molecular formula is C12H13FN2S. The maximum absolute atomic E-state index is 13.7. The van der Waals surface area contributed by atoms with E-state index in [1.54, 1.807) is 12.3 Å². The summed E-state index contributed by atoms with van der Waals surface area (Å²) in [6.07, 6.45) is 1.71. The van der Waals surface area contributed by atoms with E-state index in [4.69, 9.17) is 5.73 Å². The zero-order chi connectivity index (χ0) is 11.7. The number of hydrogen-bond donors (Lipinski definition) is 1. The maximum Gasteiger partial charge on any atom is 0.133 e. The molecule has 1 unspecified atom stereocenters. The lowest BCUT2D eigenvalue weighted by Gasteiger charge is -2.00. The summed E-state index contributed by atoms with van der Waals surface area (Å²) in [6, 6.07) is 5.10. The fourth-order valence-electron chi connectivity index (χ4n) is 1.42. The summed E-state index contributed by atoms with van der Waals surface area (Å²) < 4.78 is 13.7. The molecule has 0 saturated heterocycles. The van der Waals surface area contributed by atoms with E-state index in [0.29, 0.717) is 10.6 Å². The van der Waals surface area contributed by atoms with E-state index < -0.39 is 0 Å². The van der Waals surface area contributed by atoms with Crippen molar-refractivity contribution in [3.8, 4) is 10.6 Å². The number of nitrogens with two attached hydrogens (primary N) is 1. The fraction of sp³-hybridized carbons (Fsp3) is 0.250. The molecule has 1 atom stereocenters. The Hall–Kier alpha value is -1.26. The van der Waals surface area contributed by atoms with Crippen LogP contribution in [0.1, 0.15) is 23.4 Å². The van der Waals surface area contributed by atoms with Crippen molar-refractivity contribution in [2.75, 3.05) is 0 Å². The highest BCUT2D eigenvalue weighted by atomic mass is 32.1. The van der Waals surface area contributed by atoms with Crippen LogP contribution in [0.15, 0.2) is 24.4 Å². The van der Waals surface area contributed by atoms with Gasteiger partial charge in [0.15, 0.2) is 0 Å². The Bertz CT molecular complexity index is 505. The van der Waals surface area contributed by atoms with Gasteiger partial charge in [-0.3, -0.25) is 0 Å². The molecule has 16 heavy (non-hydrogen) atoms. The molecule has 0 amide bonds. The zero-order valence-corrected chi connectivity index (χ0v) is 10.0. The van der Waals surface area contributed by atoms with Crippen molar-refractivity contribution < 1.29 is 4.39 Å². The molecule has 0 aliphatic carbocycles. The Morgan fingerprint density at radius 2 is 2.19 bits per heavy atom. The van der Waals surface area contributed by atoms with Crippen molar-refractivity contribution in [2.24, 2.45) is 5.73 Å². The van der Waals surface area contributed by atoms with Crippen LogP contribution in [-0.4, -0.2) is 4.98 Å². The average molecular weight is 236 g/mol. The van der Waals surface area contributed by atoms with Gasteiger partial charge in [-0.15, -0.1) is 11.3 Å². The molecule has 4 heteroatoms. The highest BCUT2D eigenvalue weighted by Gasteiger charge is 2.11. The number of thiazole rings is 1. The van der Waals surface area contributed by atoms with Gasteiger partial charge in [0.25, 0.3) is 0 Å². The van der Waals surface area contributed by atoms with Crippen LogP contribution in [0.5, 0.6) is 0 Å². The molecule has 0 aliphatic heterocycles. The summed E-state index contributed by atoms with van der Waals surface area (Å²) in [5.74, 6) is -0.231. The summed E-state index contributed by atoms with van der Waals surface area (Å²) in [4.78, 5) is 5.16. The first-order valence-electron chi connectivity index (χ1n) is 5.06. The van der Waals surface area contributed by atoms with E-state index in [2.05, 4.69) is 4.98 Å². The van der Waals surface area contributed by atoms with Crippen molar-refractivity contribution in [2.45, 2.75) is 19.9 Å². The minimum Gasteiger partial charge on any atom is -0.323 e. The lowest BCUT2D eigenvalue weighted by Crippen LogP contribution is -2.01. The number of rotatable bonds is 2. The Labute approximate surface area is 97.9 Å². The molecule has 0 radical (unpaired) electrons. The first-order valence-corrected chi connectivity index (χ1v) is 5.87. The summed E-state index contributed by atoms with van der Waals surface area (Å²) >= 11 is 1.44. The van der Waals surface area contributed by atoms with Gasteiger partial charge in [0.2, 0.25) is 0 Å². The first kappa shape index (κ1) is 11.2. The van der Waals surface area contributed by atoms with Gasteiger partial charge < -0.3 is 5.73 Å². The van der Waals surface area contributed by atoms with Crippen molar-refractivity contribution in [1.29, 1.82) is 0 Å². The summed E-state index contributed by atoms with van der Waals surface area (Å²) in [7, 11) is 0. The van der Waals surface area contributed by atoms with Crippen LogP contribution in [0.3, 0.4) is 0 Å². The van der Waals surface area contributed by atoms with Crippen LogP contribution in [0.2, 0.25) is 0 Å². The first-order chi connectivity index (χ1) is 7.58. The van der Waals surface area contributed by atoms with Crippen LogP contribution < -0.4 is 5.73 Å². The van der Waals surface area contributed by atoms with E-state index in [-0.39, 0.29) is 11.9 Å². The van der Waals surface area contributed by atoms with Gasteiger partial charge in [-0.1, -0.05) is 6.07 Å². The van der Waals surface area contributed by atoms with E-state index in [0.717, 1.165) is 10.4 Å². The maximum atomic E-state index is 13.7. The topological polar surface area (TPSA) is 38.9 Å². The second-order valence-electron chi connectivity index (χ2n) is 3.84. The molecular weight excluding hydrogens is 223 g/mol. The summed E-state index contributed by atoms with van der Waals surface area (Å²) in [5.41, 5.74) is 7.20. The molecule has 0 spiro atoms. The van der Waals surface area contributed by atoms with E-state index in [9.17, 15) is 4.39 Å². The predicted molar refractivity (Wildman–Crippen MR) is 64.8 cm³/mol. The molecule has 2 nitrogen and oxygen atoms in total. The number of hydrogen-bond acceptors (Lipinski definition) is 3. The number of nitrogens with zero attached hydrogens (tertiary/aromatic N) is 1. The Kier molecular flexibility index (Phi) is 3.03. The van der Waals surface area contributed by atoms with Crippen LogP contribution >= 0.6 is 11.3 Å².